The number of hydrogen-bond acceptors (Lipinski definition) is 5. The van der Waals surface area contributed by atoms with Crippen molar-refractivity contribution in [3.8, 4) is 40.0 Å². The zero-order chi connectivity index (χ0) is 21.5. The molecule has 0 aliphatic heterocycles. The Bertz CT molecular complexity index is 1480. The topological polar surface area (TPSA) is 80.0 Å². The van der Waals surface area contributed by atoms with Gasteiger partial charge in [-0.2, -0.15) is 5.26 Å². The SMILES string of the molecule is Cc1c(-c2ccccc2Cl)noc1-c1nc2c(C#N)c(-c3ccc(Cl)cc3)ccn2n1. The maximum Gasteiger partial charge on any atom is 0.221 e. The van der Waals surface area contributed by atoms with Crippen LogP contribution in [0.2, 0.25) is 10.0 Å². The van der Waals surface area contributed by atoms with Gasteiger partial charge in [0.2, 0.25) is 11.6 Å². The number of hydrogen-bond donors (Lipinski definition) is 0. The van der Waals surface area contributed by atoms with E-state index in [0.717, 1.165) is 22.3 Å². The van der Waals surface area contributed by atoms with Gasteiger partial charge >= 0.3 is 0 Å². The molecular weight excluding hydrogens is 433 g/mol. The highest BCUT2D eigenvalue weighted by molar-refractivity contribution is 6.33. The Morgan fingerprint density at radius 3 is 2.52 bits per heavy atom. The first-order chi connectivity index (χ1) is 15.1. The lowest BCUT2D eigenvalue weighted by Gasteiger charge is -2.05. The molecule has 5 aromatic rings. The predicted molar refractivity (Wildman–Crippen MR) is 119 cm³/mol. The smallest absolute Gasteiger partial charge is 0.221 e. The van der Waals surface area contributed by atoms with Crippen molar-refractivity contribution in [2.45, 2.75) is 6.92 Å². The van der Waals surface area contributed by atoms with Crippen LogP contribution in [0.25, 0.3) is 39.6 Å². The van der Waals surface area contributed by atoms with E-state index < -0.39 is 0 Å². The minimum Gasteiger partial charge on any atom is -0.352 e. The van der Waals surface area contributed by atoms with Crippen LogP contribution in [0.5, 0.6) is 0 Å². The second-order valence-corrected chi connectivity index (χ2v) is 7.74. The molecule has 0 aliphatic carbocycles. The first-order valence-corrected chi connectivity index (χ1v) is 10.1. The van der Waals surface area contributed by atoms with Crippen LogP contribution in [0.1, 0.15) is 11.1 Å². The summed E-state index contributed by atoms with van der Waals surface area (Å²) in [7, 11) is 0. The lowest BCUT2D eigenvalue weighted by molar-refractivity contribution is 0.432. The molecular formula is C23H13Cl2N5O. The van der Waals surface area contributed by atoms with E-state index in [1.165, 1.54) is 0 Å². The molecule has 0 atom stereocenters. The van der Waals surface area contributed by atoms with Crippen molar-refractivity contribution in [1.82, 2.24) is 19.8 Å². The van der Waals surface area contributed by atoms with Gasteiger partial charge in [-0.15, -0.1) is 5.10 Å². The molecule has 0 N–H and O–H groups in total. The summed E-state index contributed by atoms with van der Waals surface area (Å²) in [6.45, 7) is 1.88. The fraction of sp³-hybridized carbons (Fsp3) is 0.0435. The number of aromatic nitrogens is 4. The molecule has 31 heavy (non-hydrogen) atoms. The lowest BCUT2D eigenvalue weighted by Crippen LogP contribution is -1.93. The van der Waals surface area contributed by atoms with E-state index >= 15 is 0 Å². The highest BCUT2D eigenvalue weighted by atomic mass is 35.5. The summed E-state index contributed by atoms with van der Waals surface area (Å²) in [5.41, 5.74) is 4.61. The normalized spacial score (nSPS) is 11.0. The molecule has 5 rings (SSSR count). The highest BCUT2D eigenvalue weighted by Gasteiger charge is 2.22. The molecule has 0 fully saturated rings. The Morgan fingerprint density at radius 2 is 1.77 bits per heavy atom. The minimum absolute atomic E-state index is 0.341. The number of nitrogens with zero attached hydrogens (tertiary/aromatic N) is 5. The zero-order valence-electron chi connectivity index (χ0n) is 16.2. The average Bonchev–Trinajstić information content (AvgIpc) is 3.37. The summed E-state index contributed by atoms with van der Waals surface area (Å²) in [5.74, 6) is 0.767. The molecule has 0 amide bonds. The predicted octanol–water partition coefficient (Wildman–Crippen LogP) is 6.21. The molecule has 0 spiro atoms. The number of benzene rings is 2. The van der Waals surface area contributed by atoms with Crippen molar-refractivity contribution < 1.29 is 4.52 Å². The van der Waals surface area contributed by atoms with E-state index in [2.05, 4.69) is 21.3 Å². The monoisotopic (exact) mass is 445 g/mol. The third-order valence-corrected chi connectivity index (χ3v) is 5.61. The van der Waals surface area contributed by atoms with Gasteiger partial charge in [0.15, 0.2) is 5.65 Å². The van der Waals surface area contributed by atoms with Crippen LogP contribution in [-0.4, -0.2) is 19.8 Å². The van der Waals surface area contributed by atoms with E-state index in [-0.39, 0.29) is 0 Å². The molecule has 3 heterocycles. The Kier molecular flexibility index (Phi) is 4.70. The van der Waals surface area contributed by atoms with Gasteiger partial charge in [-0.3, -0.25) is 0 Å². The van der Waals surface area contributed by atoms with E-state index in [1.807, 2.05) is 43.3 Å². The first-order valence-electron chi connectivity index (χ1n) is 9.34. The second kappa shape index (κ2) is 7.55. The largest absolute Gasteiger partial charge is 0.352 e. The van der Waals surface area contributed by atoms with E-state index in [4.69, 9.17) is 27.7 Å². The van der Waals surface area contributed by atoms with Gasteiger partial charge < -0.3 is 4.52 Å². The standard InChI is InChI=1S/C23H13Cl2N5O/c1-13-20(17-4-2-3-5-19(17)25)29-31-21(13)22-27-23-18(12-26)16(10-11-30(23)28-22)14-6-8-15(24)9-7-14/h2-11H,1H3. The van der Waals surface area contributed by atoms with Crippen molar-refractivity contribution in [2.24, 2.45) is 0 Å². The van der Waals surface area contributed by atoms with Crippen molar-refractivity contribution in [1.29, 1.82) is 5.26 Å². The van der Waals surface area contributed by atoms with E-state index in [1.54, 1.807) is 28.9 Å². The van der Waals surface area contributed by atoms with Gasteiger partial charge in [-0.05, 0) is 36.8 Å². The number of fused-ring (bicyclic) bond motifs is 1. The van der Waals surface area contributed by atoms with Gasteiger partial charge in [0.1, 0.15) is 17.3 Å². The summed E-state index contributed by atoms with van der Waals surface area (Å²) in [6.07, 6.45) is 1.76. The summed E-state index contributed by atoms with van der Waals surface area (Å²) < 4.78 is 7.14. The Hall–Kier alpha value is -3.66. The van der Waals surface area contributed by atoms with Gasteiger partial charge in [-0.1, -0.05) is 58.7 Å². The molecule has 8 heteroatoms. The fourth-order valence-corrected chi connectivity index (χ4v) is 3.82. The number of halogens is 2. The average molecular weight is 446 g/mol. The third kappa shape index (κ3) is 3.25. The van der Waals surface area contributed by atoms with Gasteiger partial charge in [0.05, 0.1) is 5.02 Å². The van der Waals surface area contributed by atoms with Crippen LogP contribution in [0.3, 0.4) is 0 Å². The van der Waals surface area contributed by atoms with Gasteiger partial charge in [0, 0.05) is 27.9 Å². The zero-order valence-corrected chi connectivity index (χ0v) is 17.7. The molecule has 0 saturated heterocycles. The van der Waals surface area contributed by atoms with E-state index in [9.17, 15) is 5.26 Å². The first kappa shape index (κ1) is 19.3. The Labute approximate surface area is 187 Å². The van der Waals surface area contributed by atoms with Gasteiger partial charge in [-0.25, -0.2) is 9.50 Å². The molecule has 150 valence electrons. The summed E-state index contributed by atoms with van der Waals surface area (Å²) >= 11 is 12.3. The molecule has 0 bridgehead atoms. The Balaban J connectivity index is 1.64. The van der Waals surface area contributed by atoms with Crippen LogP contribution in [-0.2, 0) is 0 Å². The Morgan fingerprint density at radius 1 is 1.00 bits per heavy atom. The highest BCUT2D eigenvalue weighted by Crippen LogP contribution is 2.34. The molecule has 6 nitrogen and oxygen atoms in total. The van der Waals surface area contributed by atoms with Crippen LogP contribution in [0.15, 0.2) is 65.3 Å². The summed E-state index contributed by atoms with van der Waals surface area (Å²) in [4.78, 5) is 4.58. The summed E-state index contributed by atoms with van der Waals surface area (Å²) in [5, 5.41) is 19.7. The van der Waals surface area contributed by atoms with Crippen LogP contribution in [0.4, 0.5) is 0 Å². The molecule has 0 unspecified atom stereocenters. The third-order valence-electron chi connectivity index (χ3n) is 5.03. The number of rotatable bonds is 3. The van der Waals surface area contributed by atoms with Crippen LogP contribution >= 0.6 is 23.2 Å². The van der Waals surface area contributed by atoms with Gasteiger partial charge in [0.25, 0.3) is 0 Å². The van der Waals surface area contributed by atoms with E-state index in [0.29, 0.717) is 38.5 Å². The maximum absolute atomic E-state index is 9.84. The molecule has 2 aromatic carbocycles. The number of pyridine rings is 1. The molecule has 3 aromatic heterocycles. The second-order valence-electron chi connectivity index (χ2n) is 6.89. The van der Waals surface area contributed by atoms with Crippen LogP contribution < -0.4 is 0 Å². The minimum atomic E-state index is 0.341. The van der Waals surface area contributed by atoms with Crippen molar-refractivity contribution in [3.05, 3.63) is 82.0 Å². The molecule has 0 saturated carbocycles. The maximum atomic E-state index is 9.84. The van der Waals surface area contributed by atoms with Crippen molar-refractivity contribution in [3.63, 3.8) is 0 Å². The number of nitriles is 1. The molecule has 0 aliphatic rings. The lowest BCUT2D eigenvalue weighted by atomic mass is 10.0. The van der Waals surface area contributed by atoms with Crippen molar-refractivity contribution >= 4 is 28.8 Å². The summed E-state index contributed by atoms with van der Waals surface area (Å²) in [6, 6.07) is 18.8. The molecule has 0 radical (unpaired) electrons. The fourth-order valence-electron chi connectivity index (χ4n) is 3.47. The van der Waals surface area contributed by atoms with Crippen molar-refractivity contribution in [2.75, 3.05) is 0 Å². The van der Waals surface area contributed by atoms with Crippen LogP contribution in [0, 0.1) is 18.3 Å². The quantitative estimate of drug-likeness (QED) is 0.329.